The van der Waals surface area contributed by atoms with Crippen LogP contribution in [0.2, 0.25) is 0 Å². The van der Waals surface area contributed by atoms with Gasteiger partial charge in [0.05, 0.1) is 12.2 Å². The molecule has 0 unspecified atom stereocenters. The van der Waals surface area contributed by atoms with Crippen molar-refractivity contribution in [3.05, 3.63) is 35.9 Å². The maximum atomic E-state index is 11.6. The number of ether oxygens (including phenoxy) is 2. The van der Waals surface area contributed by atoms with Crippen molar-refractivity contribution >= 4 is 11.9 Å². The van der Waals surface area contributed by atoms with Crippen LogP contribution < -0.4 is 0 Å². The van der Waals surface area contributed by atoms with E-state index >= 15 is 0 Å². The maximum Gasteiger partial charge on any atom is 0.306 e. The fourth-order valence-electron chi connectivity index (χ4n) is 3.87. The standard InChI is InChI=1S/C27H44O4/c1-22(2)30-26(28)20-14-7-5-10-16-24(25-18-12-9-13-19-25)17-11-6-8-15-21-27(29)31-23(3)4/h9,12-13,18-19,22-24H,5-8,10-11,14-17,20-21H2,1-4H3. The molecule has 0 saturated heterocycles. The van der Waals surface area contributed by atoms with Crippen molar-refractivity contribution in [2.45, 2.75) is 123 Å². The second-order valence-corrected chi connectivity index (χ2v) is 9.09. The molecule has 0 aliphatic carbocycles. The SMILES string of the molecule is CC(C)OC(=O)CCCCCCC(CCCCCCC(=O)OC(C)C)c1ccccc1. The molecule has 0 saturated carbocycles. The molecule has 0 bridgehead atoms. The lowest BCUT2D eigenvalue weighted by Crippen LogP contribution is -2.10. The van der Waals surface area contributed by atoms with Gasteiger partial charge in [-0.25, -0.2) is 0 Å². The zero-order valence-corrected chi connectivity index (χ0v) is 20.2. The molecule has 176 valence electrons. The van der Waals surface area contributed by atoms with Crippen molar-refractivity contribution in [2.24, 2.45) is 0 Å². The molecule has 0 fully saturated rings. The number of carbonyl (C=O) groups excluding carboxylic acids is 2. The third-order valence-corrected chi connectivity index (χ3v) is 5.37. The number of benzene rings is 1. The van der Waals surface area contributed by atoms with E-state index in [9.17, 15) is 9.59 Å². The number of rotatable bonds is 17. The summed E-state index contributed by atoms with van der Waals surface area (Å²) in [5.74, 6) is 0.447. The summed E-state index contributed by atoms with van der Waals surface area (Å²) in [4.78, 5) is 23.2. The Morgan fingerprint density at radius 3 is 1.48 bits per heavy atom. The van der Waals surface area contributed by atoms with Gasteiger partial charge in [-0.1, -0.05) is 68.9 Å². The van der Waals surface area contributed by atoms with Crippen molar-refractivity contribution in [1.29, 1.82) is 0 Å². The van der Waals surface area contributed by atoms with Crippen LogP contribution in [0.4, 0.5) is 0 Å². The predicted molar refractivity (Wildman–Crippen MR) is 127 cm³/mol. The Morgan fingerprint density at radius 2 is 1.06 bits per heavy atom. The number of unbranched alkanes of at least 4 members (excludes halogenated alkanes) is 6. The van der Waals surface area contributed by atoms with E-state index < -0.39 is 0 Å². The van der Waals surface area contributed by atoms with Gasteiger partial charge in [-0.05, 0) is 64.9 Å². The van der Waals surface area contributed by atoms with Crippen LogP contribution in [-0.4, -0.2) is 24.1 Å². The second kappa shape index (κ2) is 16.8. The summed E-state index contributed by atoms with van der Waals surface area (Å²) >= 11 is 0. The van der Waals surface area contributed by atoms with Crippen molar-refractivity contribution in [1.82, 2.24) is 0 Å². The summed E-state index contributed by atoms with van der Waals surface area (Å²) < 4.78 is 10.4. The van der Waals surface area contributed by atoms with E-state index in [1.54, 1.807) is 0 Å². The Bertz CT molecular complexity index is 561. The van der Waals surface area contributed by atoms with E-state index in [-0.39, 0.29) is 24.1 Å². The molecule has 0 aliphatic rings. The predicted octanol–water partition coefficient (Wildman–Crippen LogP) is 7.35. The lowest BCUT2D eigenvalue weighted by molar-refractivity contribution is -0.148. The molecule has 1 aromatic carbocycles. The van der Waals surface area contributed by atoms with Gasteiger partial charge in [0.25, 0.3) is 0 Å². The topological polar surface area (TPSA) is 52.6 Å². The Morgan fingerprint density at radius 1 is 0.645 bits per heavy atom. The van der Waals surface area contributed by atoms with Crippen molar-refractivity contribution in [3.8, 4) is 0 Å². The molecule has 4 heteroatoms. The lowest BCUT2D eigenvalue weighted by Gasteiger charge is -2.17. The van der Waals surface area contributed by atoms with Crippen molar-refractivity contribution < 1.29 is 19.1 Å². The summed E-state index contributed by atoms with van der Waals surface area (Å²) in [7, 11) is 0. The van der Waals surface area contributed by atoms with Crippen molar-refractivity contribution in [3.63, 3.8) is 0 Å². The highest BCUT2D eigenvalue weighted by Crippen LogP contribution is 2.28. The van der Waals surface area contributed by atoms with E-state index in [2.05, 4.69) is 30.3 Å². The van der Waals surface area contributed by atoms with Crippen molar-refractivity contribution in [2.75, 3.05) is 0 Å². The molecule has 0 aliphatic heterocycles. The van der Waals surface area contributed by atoms with Gasteiger partial charge in [-0.15, -0.1) is 0 Å². The monoisotopic (exact) mass is 432 g/mol. The molecule has 0 N–H and O–H groups in total. The van der Waals surface area contributed by atoms with Crippen LogP contribution in [-0.2, 0) is 19.1 Å². The van der Waals surface area contributed by atoms with E-state index in [0.717, 1.165) is 38.5 Å². The number of hydrogen-bond donors (Lipinski definition) is 0. The summed E-state index contributed by atoms with van der Waals surface area (Å²) in [6.45, 7) is 7.57. The van der Waals surface area contributed by atoms with Crippen LogP contribution in [0.5, 0.6) is 0 Å². The van der Waals surface area contributed by atoms with Crippen LogP contribution in [0.1, 0.15) is 116 Å². The summed E-state index contributed by atoms with van der Waals surface area (Å²) in [6, 6.07) is 10.8. The van der Waals surface area contributed by atoms with Gasteiger partial charge < -0.3 is 9.47 Å². The average molecular weight is 433 g/mol. The Kier molecular flexibility index (Phi) is 14.7. The van der Waals surface area contributed by atoms with Gasteiger partial charge in [0.2, 0.25) is 0 Å². The molecule has 0 atom stereocenters. The van der Waals surface area contributed by atoms with Gasteiger partial charge in [0.15, 0.2) is 0 Å². The maximum absolute atomic E-state index is 11.6. The summed E-state index contributed by atoms with van der Waals surface area (Å²) in [5, 5.41) is 0. The van der Waals surface area contributed by atoms with Crippen LogP contribution in [0.15, 0.2) is 30.3 Å². The van der Waals surface area contributed by atoms with Gasteiger partial charge in [0, 0.05) is 12.8 Å². The Balaban J connectivity index is 2.25. The first-order valence-electron chi connectivity index (χ1n) is 12.3. The first-order valence-corrected chi connectivity index (χ1v) is 12.3. The van der Waals surface area contributed by atoms with Gasteiger partial charge in [-0.2, -0.15) is 0 Å². The second-order valence-electron chi connectivity index (χ2n) is 9.09. The van der Waals surface area contributed by atoms with E-state index in [1.807, 2.05) is 27.7 Å². The number of carbonyl (C=O) groups is 2. The Hall–Kier alpha value is -1.84. The highest BCUT2D eigenvalue weighted by molar-refractivity contribution is 5.69. The highest BCUT2D eigenvalue weighted by atomic mass is 16.5. The number of hydrogen-bond acceptors (Lipinski definition) is 4. The molecule has 0 aromatic heterocycles. The van der Waals surface area contributed by atoms with E-state index in [0.29, 0.717) is 18.8 Å². The third kappa shape index (κ3) is 14.7. The largest absolute Gasteiger partial charge is 0.463 e. The molecule has 1 rings (SSSR count). The zero-order valence-electron chi connectivity index (χ0n) is 20.2. The van der Waals surface area contributed by atoms with Gasteiger partial charge >= 0.3 is 11.9 Å². The quantitative estimate of drug-likeness (QED) is 0.191. The minimum atomic E-state index is -0.0744. The first-order chi connectivity index (χ1) is 14.9. The van der Waals surface area contributed by atoms with Crippen LogP contribution in [0, 0.1) is 0 Å². The summed E-state index contributed by atoms with van der Waals surface area (Å²) in [6.07, 6.45) is 12.1. The third-order valence-electron chi connectivity index (χ3n) is 5.37. The zero-order chi connectivity index (χ0) is 22.9. The minimum Gasteiger partial charge on any atom is -0.463 e. The van der Waals surface area contributed by atoms with Crippen LogP contribution in [0.3, 0.4) is 0 Å². The molecule has 0 heterocycles. The summed E-state index contributed by atoms with van der Waals surface area (Å²) in [5.41, 5.74) is 1.43. The molecule has 4 nitrogen and oxygen atoms in total. The highest BCUT2D eigenvalue weighted by Gasteiger charge is 2.12. The molecule has 0 radical (unpaired) electrons. The van der Waals surface area contributed by atoms with Gasteiger partial charge in [0.1, 0.15) is 0 Å². The van der Waals surface area contributed by atoms with Gasteiger partial charge in [-0.3, -0.25) is 9.59 Å². The van der Waals surface area contributed by atoms with Crippen LogP contribution >= 0.6 is 0 Å². The smallest absolute Gasteiger partial charge is 0.306 e. The molecule has 1 aromatic rings. The lowest BCUT2D eigenvalue weighted by atomic mass is 9.88. The average Bonchev–Trinajstić information content (AvgIpc) is 2.71. The fraction of sp³-hybridized carbons (Fsp3) is 0.704. The van der Waals surface area contributed by atoms with Crippen LogP contribution in [0.25, 0.3) is 0 Å². The van der Waals surface area contributed by atoms with E-state index in [1.165, 1.54) is 31.2 Å². The molecular weight excluding hydrogens is 388 g/mol. The molecular formula is C27H44O4. The Labute approximate surface area is 190 Å². The normalized spacial score (nSPS) is 11.3. The molecule has 0 spiro atoms. The fourth-order valence-corrected chi connectivity index (χ4v) is 3.87. The first kappa shape index (κ1) is 27.2. The van der Waals surface area contributed by atoms with E-state index in [4.69, 9.17) is 9.47 Å². The molecule has 31 heavy (non-hydrogen) atoms. The minimum absolute atomic E-state index is 0.0204. The number of esters is 2. The molecule has 0 amide bonds.